The van der Waals surface area contributed by atoms with Gasteiger partial charge in [0.05, 0.1) is 13.3 Å². The van der Waals surface area contributed by atoms with Gasteiger partial charge in [0.2, 0.25) is 5.76 Å². The van der Waals surface area contributed by atoms with Crippen molar-refractivity contribution in [1.29, 1.82) is 0 Å². The van der Waals surface area contributed by atoms with E-state index >= 15 is 0 Å². The predicted molar refractivity (Wildman–Crippen MR) is 107 cm³/mol. The zero-order valence-corrected chi connectivity index (χ0v) is 15.9. The van der Waals surface area contributed by atoms with Gasteiger partial charge in [0.25, 0.3) is 5.91 Å². The molecule has 3 aromatic rings. The Morgan fingerprint density at radius 2 is 2.11 bits per heavy atom. The lowest BCUT2D eigenvalue weighted by Gasteiger charge is -2.13. The van der Waals surface area contributed by atoms with Crippen molar-refractivity contribution in [1.82, 2.24) is 15.3 Å². The number of ether oxygens (including phenoxy) is 1. The Balaban J connectivity index is 2.00. The van der Waals surface area contributed by atoms with Crippen molar-refractivity contribution in [2.45, 2.75) is 13.8 Å². The summed E-state index contributed by atoms with van der Waals surface area (Å²) < 4.78 is 10.7. The summed E-state index contributed by atoms with van der Waals surface area (Å²) in [4.78, 5) is 25.0. The summed E-state index contributed by atoms with van der Waals surface area (Å²) in [5, 5.41) is 2.67. The van der Waals surface area contributed by atoms with Crippen molar-refractivity contribution < 1.29 is 13.9 Å². The summed E-state index contributed by atoms with van der Waals surface area (Å²) >= 11 is 0. The molecule has 0 saturated carbocycles. The third-order valence-corrected chi connectivity index (χ3v) is 4.10. The molecule has 1 N–H and O–H groups in total. The Kier molecular flexibility index (Phi) is 5.64. The van der Waals surface area contributed by atoms with E-state index in [0.29, 0.717) is 17.3 Å². The number of hydrogen-bond donors (Lipinski definition) is 1. The van der Waals surface area contributed by atoms with Crippen molar-refractivity contribution in [2.75, 3.05) is 7.11 Å². The highest BCUT2D eigenvalue weighted by atomic mass is 16.5. The van der Waals surface area contributed by atoms with Crippen LogP contribution in [0.3, 0.4) is 0 Å². The standard InChI is InChI=1S/C21H20N4O3/c1-5-19(25-21(26)18-12-23-14(3)28-18)24-20-13(2)16(8-9-17(20)27-4)15-7-6-10-22-11-15/h5-12H,1H2,2-4H3,(H,24,25,26). The van der Waals surface area contributed by atoms with Crippen molar-refractivity contribution in [2.24, 2.45) is 4.99 Å². The maximum Gasteiger partial charge on any atom is 0.294 e. The molecule has 0 aliphatic heterocycles. The van der Waals surface area contributed by atoms with Gasteiger partial charge in [0, 0.05) is 24.9 Å². The lowest BCUT2D eigenvalue weighted by molar-refractivity contribution is 0.0949. The van der Waals surface area contributed by atoms with Crippen LogP contribution in [0.5, 0.6) is 5.75 Å². The summed E-state index contributed by atoms with van der Waals surface area (Å²) in [6.45, 7) is 7.33. The molecular weight excluding hydrogens is 356 g/mol. The number of oxazole rings is 1. The van der Waals surface area contributed by atoms with E-state index in [1.54, 1.807) is 26.4 Å². The number of amidine groups is 1. The number of aryl methyl sites for hydroxylation is 1. The number of aromatic nitrogens is 2. The Bertz CT molecular complexity index is 1040. The predicted octanol–water partition coefficient (Wildman–Crippen LogP) is 4.01. The third kappa shape index (κ3) is 3.98. The minimum atomic E-state index is -0.459. The molecule has 0 aliphatic carbocycles. The molecule has 7 heteroatoms. The van der Waals surface area contributed by atoms with Crippen molar-refractivity contribution in [3.05, 3.63) is 72.7 Å². The summed E-state index contributed by atoms with van der Waals surface area (Å²) in [6, 6.07) is 7.62. The van der Waals surface area contributed by atoms with Crippen LogP contribution in [0.25, 0.3) is 11.1 Å². The van der Waals surface area contributed by atoms with E-state index in [0.717, 1.165) is 16.7 Å². The number of benzene rings is 1. The molecule has 1 aromatic carbocycles. The van der Waals surface area contributed by atoms with Gasteiger partial charge >= 0.3 is 0 Å². The average molecular weight is 376 g/mol. The molecule has 3 rings (SSSR count). The molecule has 7 nitrogen and oxygen atoms in total. The number of amides is 1. The van der Waals surface area contributed by atoms with Gasteiger partial charge in [0.15, 0.2) is 5.89 Å². The zero-order chi connectivity index (χ0) is 20.1. The lowest BCUT2D eigenvalue weighted by Crippen LogP contribution is -2.28. The van der Waals surface area contributed by atoms with E-state index in [4.69, 9.17) is 9.15 Å². The van der Waals surface area contributed by atoms with Crippen LogP contribution in [0.15, 0.2) is 64.9 Å². The number of pyridine rings is 1. The fourth-order valence-electron chi connectivity index (χ4n) is 2.70. The van der Waals surface area contributed by atoms with Gasteiger partial charge in [-0.3, -0.25) is 9.78 Å². The van der Waals surface area contributed by atoms with Crippen LogP contribution in [0.1, 0.15) is 22.0 Å². The zero-order valence-electron chi connectivity index (χ0n) is 15.9. The van der Waals surface area contributed by atoms with E-state index < -0.39 is 5.91 Å². The number of hydrogen-bond acceptors (Lipinski definition) is 6. The van der Waals surface area contributed by atoms with Gasteiger partial charge in [-0.15, -0.1) is 0 Å². The minimum absolute atomic E-state index is 0.0971. The van der Waals surface area contributed by atoms with Crippen molar-refractivity contribution in [3.8, 4) is 16.9 Å². The van der Waals surface area contributed by atoms with E-state index in [1.807, 2.05) is 31.2 Å². The quantitative estimate of drug-likeness (QED) is 0.537. The molecule has 28 heavy (non-hydrogen) atoms. The van der Waals surface area contributed by atoms with Crippen LogP contribution in [0, 0.1) is 13.8 Å². The van der Waals surface area contributed by atoms with Crippen LogP contribution in [-0.2, 0) is 0 Å². The van der Waals surface area contributed by atoms with Crippen LogP contribution < -0.4 is 10.1 Å². The van der Waals surface area contributed by atoms with Gasteiger partial charge in [-0.05, 0) is 36.3 Å². The highest BCUT2D eigenvalue weighted by molar-refractivity contribution is 6.09. The molecule has 0 fully saturated rings. The van der Waals surface area contributed by atoms with Gasteiger partial charge in [0.1, 0.15) is 17.3 Å². The van der Waals surface area contributed by atoms with Gasteiger partial charge < -0.3 is 14.5 Å². The first kappa shape index (κ1) is 19.0. The number of carbonyl (C=O) groups excluding carboxylic acids is 1. The Labute approximate surface area is 162 Å². The molecule has 0 spiro atoms. The summed E-state index contributed by atoms with van der Waals surface area (Å²) in [5.74, 6) is 0.890. The third-order valence-electron chi connectivity index (χ3n) is 4.10. The second-order valence-corrected chi connectivity index (χ2v) is 5.93. The Hall–Kier alpha value is -3.74. The molecule has 0 unspecified atom stereocenters. The maximum atomic E-state index is 12.3. The summed E-state index contributed by atoms with van der Waals surface area (Å²) in [5.41, 5.74) is 3.40. The van der Waals surface area contributed by atoms with E-state index in [-0.39, 0.29) is 11.6 Å². The largest absolute Gasteiger partial charge is 0.494 e. The van der Waals surface area contributed by atoms with E-state index in [2.05, 4.69) is 26.9 Å². The second kappa shape index (κ2) is 8.30. The molecule has 0 atom stereocenters. The number of rotatable bonds is 5. The van der Waals surface area contributed by atoms with E-state index in [1.165, 1.54) is 12.3 Å². The highest BCUT2D eigenvalue weighted by Crippen LogP contribution is 2.37. The molecule has 2 aromatic heterocycles. The fraction of sp³-hybridized carbons (Fsp3) is 0.143. The second-order valence-electron chi connectivity index (χ2n) is 5.93. The number of methoxy groups -OCH3 is 1. The highest BCUT2D eigenvalue weighted by Gasteiger charge is 2.15. The molecular formula is C21H20N4O3. The lowest BCUT2D eigenvalue weighted by atomic mass is 10.00. The van der Waals surface area contributed by atoms with E-state index in [9.17, 15) is 4.79 Å². The fourth-order valence-corrected chi connectivity index (χ4v) is 2.70. The first-order valence-electron chi connectivity index (χ1n) is 8.56. The minimum Gasteiger partial charge on any atom is -0.494 e. The number of aliphatic imine (C=N–C) groups is 1. The Morgan fingerprint density at radius 3 is 2.71 bits per heavy atom. The average Bonchev–Trinajstić information content (AvgIpc) is 3.15. The first-order valence-corrected chi connectivity index (χ1v) is 8.56. The smallest absolute Gasteiger partial charge is 0.294 e. The molecule has 0 radical (unpaired) electrons. The molecule has 0 aliphatic rings. The normalized spacial score (nSPS) is 11.2. The number of nitrogens with one attached hydrogen (secondary N) is 1. The summed E-state index contributed by atoms with van der Waals surface area (Å²) in [7, 11) is 1.57. The molecule has 1 amide bonds. The SMILES string of the molecule is C=CC(=Nc1c(OC)ccc(-c2cccnc2)c1C)NC(=O)c1cnc(C)o1. The molecule has 0 saturated heterocycles. The van der Waals surface area contributed by atoms with Crippen LogP contribution >= 0.6 is 0 Å². The topological polar surface area (TPSA) is 89.6 Å². The van der Waals surface area contributed by atoms with Gasteiger partial charge in [-0.1, -0.05) is 18.7 Å². The number of carbonyl (C=O) groups is 1. The van der Waals surface area contributed by atoms with Gasteiger partial charge in [-0.25, -0.2) is 9.98 Å². The first-order chi connectivity index (χ1) is 13.5. The van der Waals surface area contributed by atoms with Crippen LogP contribution in [0.2, 0.25) is 0 Å². The number of nitrogens with zero attached hydrogens (tertiary/aromatic N) is 3. The van der Waals surface area contributed by atoms with Gasteiger partial charge in [-0.2, -0.15) is 0 Å². The van der Waals surface area contributed by atoms with Crippen LogP contribution in [-0.4, -0.2) is 28.8 Å². The van der Waals surface area contributed by atoms with Crippen molar-refractivity contribution >= 4 is 17.4 Å². The summed E-state index contributed by atoms with van der Waals surface area (Å²) in [6.07, 6.45) is 6.32. The van der Waals surface area contributed by atoms with Crippen LogP contribution in [0.4, 0.5) is 5.69 Å². The Morgan fingerprint density at radius 1 is 1.29 bits per heavy atom. The maximum absolute atomic E-state index is 12.3. The molecule has 142 valence electrons. The monoisotopic (exact) mass is 376 g/mol. The van der Waals surface area contributed by atoms with Crippen molar-refractivity contribution in [3.63, 3.8) is 0 Å². The molecule has 2 heterocycles. The molecule has 0 bridgehead atoms.